The lowest BCUT2D eigenvalue weighted by molar-refractivity contribution is 0.281. The maximum atomic E-state index is 12.6. The number of aliphatic hydroxyl groups is 1. The molecule has 0 saturated heterocycles. The lowest BCUT2D eigenvalue weighted by Gasteiger charge is -2.13. The number of halogens is 1. The van der Waals surface area contributed by atoms with Gasteiger partial charge in [-0.05, 0) is 76.6 Å². The van der Waals surface area contributed by atoms with Crippen LogP contribution in [0.1, 0.15) is 24.8 Å². The average molecular weight is 372 g/mol. The van der Waals surface area contributed by atoms with E-state index in [4.69, 9.17) is 0 Å². The highest BCUT2D eigenvalue weighted by Gasteiger charge is 2.65. The third-order valence-electron chi connectivity index (χ3n) is 5.49. The molecule has 0 radical (unpaired) electrons. The fourth-order valence-corrected chi connectivity index (χ4v) is 6.89. The Morgan fingerprint density at radius 3 is 2.52 bits per heavy atom. The molecule has 3 saturated carbocycles. The second-order valence-corrected chi connectivity index (χ2v) is 9.09. The maximum Gasteiger partial charge on any atom is 0.241 e. The first-order valence-corrected chi connectivity index (χ1v) is 9.70. The van der Waals surface area contributed by atoms with E-state index in [9.17, 15) is 13.5 Å². The molecule has 0 aromatic heterocycles. The van der Waals surface area contributed by atoms with Crippen LogP contribution in [0.3, 0.4) is 0 Å². The van der Waals surface area contributed by atoms with Crippen LogP contribution in [0, 0.1) is 23.7 Å². The Hall–Kier alpha value is -0.430. The molecule has 2 N–H and O–H groups in total. The quantitative estimate of drug-likeness (QED) is 0.852. The molecule has 0 spiro atoms. The third-order valence-corrected chi connectivity index (χ3v) is 7.95. The van der Waals surface area contributed by atoms with E-state index in [1.165, 1.54) is 19.3 Å². The largest absolute Gasteiger partial charge is 0.392 e. The number of benzene rings is 1. The minimum absolute atomic E-state index is 0.130. The summed E-state index contributed by atoms with van der Waals surface area (Å²) in [5.41, 5.74) is 0.606. The van der Waals surface area contributed by atoms with E-state index in [-0.39, 0.29) is 17.5 Å². The fourth-order valence-electron chi connectivity index (χ4n) is 4.58. The highest BCUT2D eigenvalue weighted by Crippen LogP contribution is 2.65. The Morgan fingerprint density at radius 2 is 1.90 bits per heavy atom. The van der Waals surface area contributed by atoms with Crippen molar-refractivity contribution in [2.75, 3.05) is 0 Å². The normalized spacial score (nSPS) is 36.8. The molecule has 21 heavy (non-hydrogen) atoms. The van der Waals surface area contributed by atoms with Gasteiger partial charge in [0.15, 0.2) is 0 Å². The zero-order chi connectivity index (χ0) is 14.8. The van der Waals surface area contributed by atoms with Gasteiger partial charge in [0.1, 0.15) is 0 Å². The molecule has 3 aliphatic rings. The van der Waals surface area contributed by atoms with Gasteiger partial charge in [-0.25, -0.2) is 13.1 Å². The number of aliphatic hydroxyl groups excluding tert-OH is 1. The Labute approximate surface area is 133 Å². The van der Waals surface area contributed by atoms with Crippen molar-refractivity contribution in [3.05, 3.63) is 28.2 Å². The predicted octanol–water partition coefficient (Wildman–Crippen LogP) is 2.26. The first-order valence-electron chi connectivity index (χ1n) is 7.43. The summed E-state index contributed by atoms with van der Waals surface area (Å²) in [6.07, 6.45) is 3.85. The van der Waals surface area contributed by atoms with Gasteiger partial charge in [0.05, 0.1) is 11.5 Å². The predicted molar refractivity (Wildman–Crippen MR) is 82.0 cm³/mol. The van der Waals surface area contributed by atoms with E-state index < -0.39 is 10.0 Å². The zero-order valence-corrected chi connectivity index (χ0v) is 13.9. The first kappa shape index (κ1) is 14.2. The minimum Gasteiger partial charge on any atom is -0.392 e. The van der Waals surface area contributed by atoms with Crippen LogP contribution < -0.4 is 4.72 Å². The van der Waals surface area contributed by atoms with Gasteiger partial charge in [-0.1, -0.05) is 6.07 Å². The number of nitrogens with one attached hydrogen (secondary N) is 1. The molecule has 1 aromatic rings. The number of hydrogen-bond acceptors (Lipinski definition) is 3. The number of hydrogen-bond donors (Lipinski definition) is 2. The second kappa shape index (κ2) is 4.78. The molecule has 4 atom stereocenters. The molecule has 0 amide bonds. The molecule has 4 rings (SSSR count). The van der Waals surface area contributed by atoms with Crippen molar-refractivity contribution < 1.29 is 13.5 Å². The molecule has 0 aliphatic heterocycles. The summed E-state index contributed by atoms with van der Waals surface area (Å²) in [7, 11) is -3.53. The van der Waals surface area contributed by atoms with Crippen molar-refractivity contribution in [1.29, 1.82) is 0 Å². The Morgan fingerprint density at radius 1 is 1.24 bits per heavy atom. The van der Waals surface area contributed by atoms with E-state index in [1.54, 1.807) is 18.2 Å². The Kier molecular flexibility index (Phi) is 3.23. The van der Waals surface area contributed by atoms with E-state index >= 15 is 0 Å². The van der Waals surface area contributed by atoms with Gasteiger partial charge < -0.3 is 5.11 Å². The summed E-state index contributed by atoms with van der Waals surface area (Å²) in [4.78, 5) is 0.228. The van der Waals surface area contributed by atoms with Crippen molar-refractivity contribution in [3.63, 3.8) is 0 Å². The number of rotatable bonds is 4. The van der Waals surface area contributed by atoms with Crippen LogP contribution in [-0.2, 0) is 16.6 Å². The van der Waals surface area contributed by atoms with Crippen molar-refractivity contribution in [2.45, 2.75) is 36.8 Å². The smallest absolute Gasteiger partial charge is 0.241 e. The number of fused-ring (bicyclic) bond motifs is 5. The summed E-state index contributed by atoms with van der Waals surface area (Å²) >= 11 is 3.30. The Bertz CT molecular complexity index is 674. The van der Waals surface area contributed by atoms with Gasteiger partial charge in [-0.15, -0.1) is 0 Å². The second-order valence-electron chi connectivity index (χ2n) is 6.56. The molecule has 114 valence electrons. The first-order chi connectivity index (χ1) is 10.0. The topological polar surface area (TPSA) is 66.4 Å². The molecule has 4 nitrogen and oxygen atoms in total. The van der Waals surface area contributed by atoms with Gasteiger partial charge in [-0.3, -0.25) is 0 Å². The number of sulfonamides is 1. The maximum absolute atomic E-state index is 12.6. The van der Waals surface area contributed by atoms with E-state index in [0.717, 1.165) is 11.8 Å². The monoisotopic (exact) mass is 371 g/mol. The molecule has 1 aromatic carbocycles. The molecular weight excluding hydrogens is 354 g/mol. The van der Waals surface area contributed by atoms with E-state index in [0.29, 0.717) is 21.9 Å². The SMILES string of the molecule is O=S(=O)(NC1C2C3CCC(C3)C12)c1cc(CO)ccc1Br. The van der Waals surface area contributed by atoms with Gasteiger partial charge in [0.25, 0.3) is 0 Å². The van der Waals surface area contributed by atoms with Gasteiger partial charge >= 0.3 is 0 Å². The molecule has 4 unspecified atom stereocenters. The van der Waals surface area contributed by atoms with Crippen LogP contribution in [0.2, 0.25) is 0 Å². The highest BCUT2D eigenvalue weighted by atomic mass is 79.9. The van der Waals surface area contributed by atoms with Crippen molar-refractivity contribution in [3.8, 4) is 0 Å². The molecule has 3 fully saturated rings. The summed E-state index contributed by atoms with van der Waals surface area (Å²) in [6.45, 7) is -0.158. The minimum atomic E-state index is -3.53. The summed E-state index contributed by atoms with van der Waals surface area (Å²) in [5, 5.41) is 9.19. The van der Waals surface area contributed by atoms with Crippen molar-refractivity contribution in [1.82, 2.24) is 4.72 Å². The summed E-state index contributed by atoms with van der Waals surface area (Å²) in [6, 6.07) is 5.07. The van der Waals surface area contributed by atoms with Crippen LogP contribution in [0.25, 0.3) is 0 Å². The van der Waals surface area contributed by atoms with E-state index in [2.05, 4.69) is 20.7 Å². The van der Waals surface area contributed by atoms with Gasteiger partial charge in [0, 0.05) is 10.5 Å². The van der Waals surface area contributed by atoms with Gasteiger partial charge in [0.2, 0.25) is 10.0 Å². The fraction of sp³-hybridized carbons (Fsp3) is 0.600. The van der Waals surface area contributed by atoms with Crippen LogP contribution in [0.15, 0.2) is 27.6 Å². The lowest BCUT2D eigenvalue weighted by atomic mass is 10.0. The molecule has 0 heterocycles. The average Bonchev–Trinajstić information content (AvgIpc) is 2.85. The molecule has 3 aliphatic carbocycles. The summed E-state index contributed by atoms with van der Waals surface area (Å²) < 4.78 is 28.7. The van der Waals surface area contributed by atoms with E-state index in [1.807, 2.05) is 0 Å². The van der Waals surface area contributed by atoms with Crippen molar-refractivity contribution >= 4 is 26.0 Å². The lowest BCUT2D eigenvalue weighted by Crippen LogP contribution is -2.30. The molecular formula is C15H18BrNO3S. The Balaban J connectivity index is 1.58. The summed E-state index contributed by atoms with van der Waals surface area (Å²) in [5.74, 6) is 2.61. The zero-order valence-electron chi connectivity index (χ0n) is 11.5. The van der Waals surface area contributed by atoms with Crippen LogP contribution in [0.5, 0.6) is 0 Å². The van der Waals surface area contributed by atoms with Gasteiger partial charge in [-0.2, -0.15) is 0 Å². The third kappa shape index (κ3) is 2.19. The van der Waals surface area contributed by atoms with Crippen LogP contribution >= 0.6 is 15.9 Å². The van der Waals surface area contributed by atoms with Crippen molar-refractivity contribution in [2.24, 2.45) is 23.7 Å². The molecule has 2 bridgehead atoms. The standard InChI is InChI=1S/C15H18BrNO3S/c16-11-4-1-8(7-18)5-12(11)21(19,20)17-15-13-9-2-3-10(6-9)14(13)15/h1,4-5,9-10,13-15,17-18H,2-3,6-7H2. The van der Waals surface area contributed by atoms with Crippen LogP contribution in [0.4, 0.5) is 0 Å². The molecule has 6 heteroatoms. The highest BCUT2D eigenvalue weighted by molar-refractivity contribution is 9.10. The van der Waals surface area contributed by atoms with Crippen LogP contribution in [-0.4, -0.2) is 19.6 Å².